The van der Waals surface area contributed by atoms with Crippen LogP contribution in [0.2, 0.25) is 0 Å². The lowest BCUT2D eigenvalue weighted by molar-refractivity contribution is 0.0979. The van der Waals surface area contributed by atoms with E-state index in [4.69, 9.17) is 4.74 Å². The summed E-state index contributed by atoms with van der Waals surface area (Å²) in [6.45, 7) is 1.12. The highest BCUT2D eigenvalue weighted by Crippen LogP contribution is 2.28. The Hall–Kier alpha value is 0.0500. The molecule has 1 unspecified atom stereocenters. The average molecular weight is 413 g/mol. The van der Waals surface area contributed by atoms with Gasteiger partial charge in [0.05, 0.1) is 11.0 Å². The number of hydrogen-bond acceptors (Lipinski definition) is 3. The van der Waals surface area contributed by atoms with Crippen LogP contribution in [0.1, 0.15) is 12.8 Å². The smallest absolute Gasteiger partial charge is 0.244 e. The predicted octanol–water partition coefficient (Wildman–Crippen LogP) is 3.01. The average Bonchev–Trinajstić information content (AvgIpc) is 2.81. The molecule has 0 radical (unpaired) electrons. The number of nitrogens with zero attached hydrogens (tertiary/aromatic N) is 1. The van der Waals surface area contributed by atoms with Gasteiger partial charge in [-0.15, -0.1) is 0 Å². The number of ether oxygens (including phenoxy) is 1. The molecule has 0 spiro atoms. The lowest BCUT2D eigenvalue weighted by Gasteiger charge is -2.21. The van der Waals surface area contributed by atoms with Crippen molar-refractivity contribution in [3.63, 3.8) is 0 Å². The maximum atomic E-state index is 12.5. The lowest BCUT2D eigenvalue weighted by Crippen LogP contribution is -2.34. The van der Waals surface area contributed by atoms with E-state index in [-0.39, 0.29) is 11.0 Å². The molecular weight excluding hydrogens is 398 g/mol. The Morgan fingerprint density at radius 2 is 2.16 bits per heavy atom. The highest BCUT2D eigenvalue weighted by atomic mass is 79.9. The van der Waals surface area contributed by atoms with Gasteiger partial charge < -0.3 is 4.74 Å². The molecule has 1 aliphatic heterocycles. The molecule has 1 fully saturated rings. The molecule has 0 amide bonds. The Kier molecular flexibility index (Phi) is 5.05. The molecule has 0 aromatic heterocycles. The van der Waals surface area contributed by atoms with Crippen LogP contribution in [0.15, 0.2) is 32.0 Å². The number of halogens is 2. The van der Waals surface area contributed by atoms with Crippen molar-refractivity contribution in [3.05, 3.63) is 27.1 Å². The van der Waals surface area contributed by atoms with Gasteiger partial charge in [0, 0.05) is 29.1 Å². The van der Waals surface area contributed by atoms with Gasteiger partial charge in [-0.3, -0.25) is 0 Å². The third kappa shape index (κ3) is 3.58. The highest BCUT2D eigenvalue weighted by molar-refractivity contribution is 9.11. The van der Waals surface area contributed by atoms with Gasteiger partial charge in [0.15, 0.2) is 0 Å². The topological polar surface area (TPSA) is 46.6 Å². The first-order chi connectivity index (χ1) is 8.91. The molecule has 1 aromatic carbocycles. The molecule has 0 N–H and O–H groups in total. The van der Waals surface area contributed by atoms with Crippen LogP contribution in [0, 0.1) is 0 Å². The van der Waals surface area contributed by atoms with Crippen molar-refractivity contribution < 1.29 is 13.2 Å². The van der Waals surface area contributed by atoms with Crippen molar-refractivity contribution in [2.24, 2.45) is 0 Å². The van der Waals surface area contributed by atoms with Crippen molar-refractivity contribution in [2.75, 3.05) is 20.2 Å². The maximum absolute atomic E-state index is 12.5. The Balaban J connectivity index is 2.20. The first-order valence-electron chi connectivity index (χ1n) is 5.94. The van der Waals surface area contributed by atoms with Crippen molar-refractivity contribution >= 4 is 41.9 Å². The number of hydrogen-bond donors (Lipinski definition) is 0. The molecule has 0 aliphatic carbocycles. The highest BCUT2D eigenvalue weighted by Gasteiger charge is 2.27. The van der Waals surface area contributed by atoms with Crippen LogP contribution >= 0.6 is 31.9 Å². The minimum Gasteiger partial charge on any atom is -0.377 e. The van der Waals surface area contributed by atoms with Crippen LogP contribution in [0.4, 0.5) is 0 Å². The molecule has 4 nitrogen and oxygen atoms in total. The van der Waals surface area contributed by atoms with Crippen LogP contribution < -0.4 is 0 Å². The van der Waals surface area contributed by atoms with E-state index in [9.17, 15) is 8.42 Å². The quantitative estimate of drug-likeness (QED) is 0.763. The third-order valence-corrected chi connectivity index (χ3v) is 6.36. The van der Waals surface area contributed by atoms with E-state index in [1.807, 2.05) is 0 Å². The second-order valence-corrected chi connectivity index (χ2v) is 8.28. The largest absolute Gasteiger partial charge is 0.377 e. The fraction of sp³-hybridized carbons (Fsp3) is 0.500. The molecule has 19 heavy (non-hydrogen) atoms. The zero-order chi connectivity index (χ0) is 14.0. The van der Waals surface area contributed by atoms with Crippen LogP contribution in [0.5, 0.6) is 0 Å². The first kappa shape index (κ1) is 15.4. The van der Waals surface area contributed by atoms with Gasteiger partial charge in [-0.1, -0.05) is 15.9 Å². The number of sulfonamides is 1. The summed E-state index contributed by atoms with van der Waals surface area (Å²) in [7, 11) is -1.90. The van der Waals surface area contributed by atoms with E-state index < -0.39 is 10.0 Å². The van der Waals surface area contributed by atoms with E-state index in [0.717, 1.165) is 23.9 Å². The summed E-state index contributed by atoms with van der Waals surface area (Å²) in [6.07, 6.45) is 1.93. The zero-order valence-corrected chi connectivity index (χ0v) is 14.5. The Labute approximate surface area is 130 Å². The summed E-state index contributed by atoms with van der Waals surface area (Å²) < 4.78 is 33.2. The van der Waals surface area contributed by atoms with Gasteiger partial charge >= 0.3 is 0 Å². The third-order valence-electron chi connectivity index (χ3n) is 3.07. The Morgan fingerprint density at radius 3 is 2.74 bits per heavy atom. The molecule has 7 heteroatoms. The summed E-state index contributed by atoms with van der Waals surface area (Å²) in [5, 5.41) is 0. The van der Waals surface area contributed by atoms with E-state index >= 15 is 0 Å². The summed E-state index contributed by atoms with van der Waals surface area (Å²) in [6, 6.07) is 5.04. The molecule has 0 saturated carbocycles. The fourth-order valence-corrected chi connectivity index (χ4v) is 4.93. The van der Waals surface area contributed by atoms with E-state index in [2.05, 4.69) is 31.9 Å². The van der Waals surface area contributed by atoms with Crippen molar-refractivity contribution in [2.45, 2.75) is 23.8 Å². The van der Waals surface area contributed by atoms with E-state index in [1.165, 1.54) is 4.31 Å². The van der Waals surface area contributed by atoms with Crippen molar-refractivity contribution in [1.82, 2.24) is 4.31 Å². The molecule has 1 heterocycles. The molecular formula is C12H15Br2NO3S. The minimum absolute atomic E-state index is 0.00833. The van der Waals surface area contributed by atoms with Gasteiger partial charge in [0.25, 0.3) is 0 Å². The maximum Gasteiger partial charge on any atom is 0.244 e. The first-order valence-corrected chi connectivity index (χ1v) is 8.97. The van der Waals surface area contributed by atoms with Crippen LogP contribution in [-0.2, 0) is 14.8 Å². The van der Waals surface area contributed by atoms with Gasteiger partial charge in [0.1, 0.15) is 0 Å². The van der Waals surface area contributed by atoms with Gasteiger partial charge in [-0.2, -0.15) is 4.31 Å². The normalized spacial score (nSPS) is 20.1. The molecule has 1 atom stereocenters. The van der Waals surface area contributed by atoms with Gasteiger partial charge in [-0.25, -0.2) is 8.42 Å². The van der Waals surface area contributed by atoms with Crippen LogP contribution in [-0.4, -0.2) is 39.0 Å². The van der Waals surface area contributed by atoms with Gasteiger partial charge in [0.2, 0.25) is 10.0 Å². The number of rotatable bonds is 4. The van der Waals surface area contributed by atoms with Gasteiger partial charge in [-0.05, 0) is 47.0 Å². The molecule has 2 rings (SSSR count). The minimum atomic E-state index is -3.49. The van der Waals surface area contributed by atoms with Crippen molar-refractivity contribution in [1.29, 1.82) is 0 Å². The van der Waals surface area contributed by atoms with Crippen molar-refractivity contribution in [3.8, 4) is 0 Å². The zero-order valence-electron chi connectivity index (χ0n) is 10.5. The second-order valence-electron chi connectivity index (χ2n) is 4.50. The Bertz CT molecular complexity index is 556. The second kappa shape index (κ2) is 6.22. The molecule has 1 aliphatic rings. The van der Waals surface area contributed by atoms with E-state index in [1.54, 1.807) is 25.2 Å². The SMILES string of the molecule is CN(CC1CCCO1)S(=O)(=O)c1ccc(Br)cc1Br. The summed E-state index contributed by atoms with van der Waals surface area (Å²) in [5.41, 5.74) is 0. The summed E-state index contributed by atoms with van der Waals surface area (Å²) >= 11 is 6.61. The molecule has 106 valence electrons. The van der Waals surface area contributed by atoms with E-state index in [0.29, 0.717) is 11.0 Å². The summed E-state index contributed by atoms with van der Waals surface area (Å²) in [5.74, 6) is 0. The van der Waals surface area contributed by atoms with Crippen LogP contribution in [0.25, 0.3) is 0 Å². The monoisotopic (exact) mass is 411 g/mol. The predicted molar refractivity (Wildman–Crippen MR) is 80.6 cm³/mol. The number of benzene rings is 1. The molecule has 1 aromatic rings. The fourth-order valence-electron chi connectivity index (χ4n) is 2.03. The number of likely N-dealkylation sites (N-methyl/N-ethyl adjacent to an activating group) is 1. The Morgan fingerprint density at radius 1 is 1.42 bits per heavy atom. The molecule has 0 bridgehead atoms. The summed E-state index contributed by atoms with van der Waals surface area (Å²) in [4.78, 5) is 0.274. The molecule has 1 saturated heterocycles. The lowest BCUT2D eigenvalue weighted by atomic mass is 10.2. The van der Waals surface area contributed by atoms with Crippen LogP contribution in [0.3, 0.4) is 0 Å². The standard InChI is InChI=1S/C12H15Br2NO3S/c1-15(8-10-3-2-6-18-10)19(16,17)12-5-4-9(13)7-11(12)14/h4-5,7,10H,2-3,6,8H2,1H3.